The Labute approximate surface area is 293 Å². The maximum Gasteiger partial charge on any atom is 0.416 e. The highest BCUT2D eigenvalue weighted by Gasteiger charge is 2.30. The molecule has 1 amide bonds. The van der Waals surface area contributed by atoms with Gasteiger partial charge in [-0.15, -0.1) is 0 Å². The summed E-state index contributed by atoms with van der Waals surface area (Å²) in [5, 5.41) is 0.268. The van der Waals surface area contributed by atoms with Crippen LogP contribution in [0.3, 0.4) is 0 Å². The third-order valence-corrected chi connectivity index (χ3v) is 9.12. The predicted octanol–water partition coefficient (Wildman–Crippen LogP) is 6.84. The fourth-order valence-electron chi connectivity index (χ4n) is 5.18. The van der Waals surface area contributed by atoms with E-state index in [4.69, 9.17) is 4.74 Å². The summed E-state index contributed by atoms with van der Waals surface area (Å²) < 4.78 is 59.1. The summed E-state index contributed by atoms with van der Waals surface area (Å²) in [5.74, 6) is -0.854. The second kappa shape index (κ2) is 18.0. The maximum absolute atomic E-state index is 14.0. The highest BCUT2D eigenvalue weighted by Crippen LogP contribution is 2.31. The number of likely N-dealkylation sites (N-methyl/N-ethyl adjacent to an activating group) is 1. The van der Waals surface area contributed by atoms with Crippen LogP contribution in [-0.2, 0) is 45.8 Å². The van der Waals surface area contributed by atoms with E-state index in [-0.39, 0.29) is 48.6 Å². The minimum Gasteiger partial charge on any atom is -0.466 e. The number of rotatable bonds is 16. The molecule has 4 aromatic rings. The van der Waals surface area contributed by atoms with Gasteiger partial charge in [0, 0.05) is 37.1 Å². The van der Waals surface area contributed by atoms with Crippen molar-refractivity contribution in [3.8, 4) is 11.1 Å². The van der Waals surface area contributed by atoms with Gasteiger partial charge in [-0.05, 0) is 66.5 Å². The molecule has 0 saturated heterocycles. The van der Waals surface area contributed by atoms with Gasteiger partial charge in [0.05, 0.1) is 18.6 Å². The number of halogens is 4. The van der Waals surface area contributed by atoms with Crippen LogP contribution in [0.4, 0.5) is 17.6 Å². The smallest absolute Gasteiger partial charge is 0.416 e. The molecule has 0 spiro atoms. The van der Waals surface area contributed by atoms with Gasteiger partial charge >= 0.3 is 12.1 Å². The maximum atomic E-state index is 14.0. The summed E-state index contributed by atoms with van der Waals surface area (Å²) in [4.78, 5) is 47.3. The zero-order valence-electron chi connectivity index (χ0n) is 28.2. The Morgan fingerprint density at radius 1 is 0.860 bits per heavy atom. The molecule has 8 nitrogen and oxygen atoms in total. The van der Waals surface area contributed by atoms with Gasteiger partial charge in [-0.25, -0.2) is 4.39 Å². The van der Waals surface area contributed by atoms with Gasteiger partial charge in [0.25, 0.3) is 5.56 Å². The topological polar surface area (TPSA) is 84.7 Å². The summed E-state index contributed by atoms with van der Waals surface area (Å²) >= 11 is 1.21. The van der Waals surface area contributed by atoms with Crippen molar-refractivity contribution in [2.24, 2.45) is 0 Å². The molecule has 13 heteroatoms. The number of aromatic nitrogens is 2. The highest BCUT2D eigenvalue weighted by atomic mass is 32.2. The fourth-order valence-corrected chi connectivity index (χ4v) is 6.10. The van der Waals surface area contributed by atoms with E-state index in [0.717, 1.165) is 41.9 Å². The lowest BCUT2D eigenvalue weighted by atomic mass is 10.0. The predicted molar refractivity (Wildman–Crippen MR) is 185 cm³/mol. The molecule has 1 aromatic heterocycles. The van der Waals surface area contributed by atoms with E-state index in [1.165, 1.54) is 42.2 Å². The van der Waals surface area contributed by atoms with Gasteiger partial charge in [-0.3, -0.25) is 14.4 Å². The van der Waals surface area contributed by atoms with Gasteiger partial charge in [0.15, 0.2) is 5.16 Å². The highest BCUT2D eigenvalue weighted by molar-refractivity contribution is 7.98. The lowest BCUT2D eigenvalue weighted by Gasteiger charge is -2.27. The summed E-state index contributed by atoms with van der Waals surface area (Å²) in [6, 6.07) is 18.2. The largest absolute Gasteiger partial charge is 0.466 e. The number of nitrogens with zero attached hydrogens (tertiary/aromatic N) is 4. The van der Waals surface area contributed by atoms with E-state index in [2.05, 4.69) is 9.88 Å². The number of benzene rings is 3. The van der Waals surface area contributed by atoms with Crippen molar-refractivity contribution >= 4 is 23.6 Å². The van der Waals surface area contributed by atoms with Crippen molar-refractivity contribution in [2.75, 3.05) is 32.8 Å². The number of thioether (sulfide) groups is 1. The Bertz CT molecular complexity index is 1780. The van der Waals surface area contributed by atoms with Crippen LogP contribution in [0.25, 0.3) is 11.1 Å². The molecule has 0 aliphatic rings. The van der Waals surface area contributed by atoms with Gasteiger partial charge < -0.3 is 19.1 Å². The molecule has 0 bridgehead atoms. The Hall–Kier alpha value is -4.49. The number of amides is 1. The van der Waals surface area contributed by atoms with Crippen LogP contribution in [0.2, 0.25) is 0 Å². The third kappa shape index (κ3) is 11.0. The summed E-state index contributed by atoms with van der Waals surface area (Å²) in [7, 11) is 0. The Balaban J connectivity index is 1.59. The third-order valence-electron chi connectivity index (χ3n) is 8.06. The first-order valence-electron chi connectivity index (χ1n) is 16.3. The molecule has 3 aromatic carbocycles. The monoisotopic (exact) mass is 712 g/mol. The van der Waals surface area contributed by atoms with Crippen LogP contribution in [0, 0.1) is 5.82 Å². The molecular weight excluding hydrogens is 672 g/mol. The lowest BCUT2D eigenvalue weighted by molar-refractivity contribution is -0.142. The Morgan fingerprint density at radius 3 is 2.04 bits per heavy atom. The second-order valence-corrected chi connectivity index (χ2v) is 12.4. The zero-order valence-corrected chi connectivity index (χ0v) is 29.0. The van der Waals surface area contributed by atoms with Gasteiger partial charge in [0.2, 0.25) is 5.91 Å². The lowest BCUT2D eigenvalue weighted by Crippen LogP contribution is -2.40. The van der Waals surface area contributed by atoms with E-state index < -0.39 is 23.3 Å². The van der Waals surface area contributed by atoms with E-state index in [9.17, 15) is 31.9 Å². The molecule has 0 radical (unpaired) electrons. The van der Waals surface area contributed by atoms with Crippen LogP contribution in [0.5, 0.6) is 0 Å². The normalized spacial score (nSPS) is 11.5. The van der Waals surface area contributed by atoms with Crippen molar-refractivity contribution < 1.29 is 31.9 Å². The minimum atomic E-state index is -4.42. The first-order chi connectivity index (χ1) is 23.9. The van der Waals surface area contributed by atoms with Crippen molar-refractivity contribution in [1.29, 1.82) is 0 Å². The van der Waals surface area contributed by atoms with Crippen molar-refractivity contribution in [1.82, 2.24) is 19.4 Å². The summed E-state index contributed by atoms with van der Waals surface area (Å²) in [5.41, 5.74) is 1.75. The Morgan fingerprint density at radius 2 is 1.46 bits per heavy atom. The fraction of sp³-hybridized carbons (Fsp3) is 0.351. The quantitative estimate of drug-likeness (QED) is 0.0545. The molecule has 0 fully saturated rings. The Kier molecular flexibility index (Phi) is 13.8. The van der Waals surface area contributed by atoms with Crippen LogP contribution < -0.4 is 5.56 Å². The van der Waals surface area contributed by atoms with Crippen molar-refractivity contribution in [2.45, 2.75) is 57.4 Å². The molecule has 50 heavy (non-hydrogen) atoms. The number of esters is 1. The number of hydrogen-bond donors (Lipinski definition) is 0. The van der Waals surface area contributed by atoms with E-state index >= 15 is 0 Å². The first-order valence-corrected chi connectivity index (χ1v) is 17.3. The molecule has 0 atom stereocenters. The van der Waals surface area contributed by atoms with Crippen molar-refractivity contribution in [3.63, 3.8) is 0 Å². The molecule has 266 valence electrons. The van der Waals surface area contributed by atoms with Gasteiger partial charge in [-0.2, -0.15) is 18.2 Å². The first kappa shape index (κ1) is 38.3. The number of carbonyl (C=O) groups is 2. The SMILES string of the molecule is CCOC(=O)Cc1cn(CC(=O)N(CCN(CC)CC)Cc2ccc(-c3ccc(C(F)(F)F)cc3)cc2)c(SCc2ccc(F)cc2)nc1=O. The molecule has 0 N–H and O–H groups in total. The number of ether oxygens (including phenoxy) is 1. The summed E-state index contributed by atoms with van der Waals surface area (Å²) in [6.45, 7) is 8.60. The molecule has 0 saturated carbocycles. The standard InChI is InChI=1S/C37H40F4N4O4S/c1-4-43(5-2)19-20-44(22-26-7-11-28(12-8-26)29-13-15-31(16-14-29)37(39,40)41)33(46)24-45-23-30(21-34(47)49-6-3)35(48)42-36(45)50-25-27-9-17-32(38)18-10-27/h7-18,23H,4-6,19-22,24-25H2,1-3H3. The van der Waals surface area contributed by atoms with Crippen LogP contribution in [0.1, 0.15) is 43.0 Å². The molecule has 4 rings (SSSR count). The van der Waals surface area contributed by atoms with Crippen LogP contribution in [-0.4, -0.2) is 64.0 Å². The van der Waals surface area contributed by atoms with E-state index in [1.54, 1.807) is 28.5 Å². The molecular formula is C37H40F4N4O4S. The summed E-state index contributed by atoms with van der Waals surface area (Å²) in [6.07, 6.45) is -3.24. The average Bonchev–Trinajstić information content (AvgIpc) is 3.09. The molecule has 1 heterocycles. The van der Waals surface area contributed by atoms with Crippen LogP contribution >= 0.6 is 11.8 Å². The minimum absolute atomic E-state index is 0.0935. The zero-order chi connectivity index (χ0) is 36.3. The van der Waals surface area contributed by atoms with Crippen molar-refractivity contribution in [3.05, 3.63) is 117 Å². The van der Waals surface area contributed by atoms with Gasteiger partial charge in [-0.1, -0.05) is 74.1 Å². The average molecular weight is 713 g/mol. The molecule has 0 aliphatic carbocycles. The van der Waals surface area contributed by atoms with Crippen LogP contribution in [0.15, 0.2) is 88.9 Å². The molecule has 0 aliphatic heterocycles. The van der Waals surface area contributed by atoms with E-state index in [1.807, 2.05) is 38.1 Å². The van der Waals surface area contributed by atoms with E-state index in [0.29, 0.717) is 24.4 Å². The number of hydrogen-bond acceptors (Lipinski definition) is 7. The number of alkyl halides is 3. The second-order valence-electron chi connectivity index (χ2n) is 11.5. The van der Waals surface area contributed by atoms with Gasteiger partial charge in [0.1, 0.15) is 12.4 Å². The molecule has 0 unspecified atom stereocenters. The number of carbonyl (C=O) groups excluding carboxylic acids is 2.